The molecule has 0 saturated carbocycles. The molecule has 1 unspecified atom stereocenters. The fourth-order valence-electron chi connectivity index (χ4n) is 2.44. The first-order valence-electron chi connectivity index (χ1n) is 8.11. The molecule has 0 bridgehead atoms. The van der Waals surface area contributed by atoms with E-state index >= 15 is 0 Å². The summed E-state index contributed by atoms with van der Waals surface area (Å²) in [6.07, 6.45) is 1.30. The van der Waals surface area contributed by atoms with E-state index in [1.165, 1.54) is 5.56 Å². The van der Waals surface area contributed by atoms with E-state index in [1.807, 2.05) is 38.1 Å². The van der Waals surface area contributed by atoms with Gasteiger partial charge in [-0.2, -0.15) is 0 Å². The Morgan fingerprint density at radius 3 is 2.17 bits per heavy atom. The number of carboxylic acids is 1. The lowest BCUT2D eigenvalue weighted by Crippen LogP contribution is -2.22. The van der Waals surface area contributed by atoms with E-state index in [0.29, 0.717) is 12.8 Å². The second-order valence-electron chi connectivity index (χ2n) is 6.17. The third-order valence-electron chi connectivity index (χ3n) is 3.96. The Morgan fingerprint density at radius 2 is 1.58 bits per heavy atom. The number of nitrogens with one attached hydrogen (secondary N) is 1. The van der Waals surface area contributed by atoms with Crippen molar-refractivity contribution in [3.05, 3.63) is 65.2 Å². The monoisotopic (exact) mass is 325 g/mol. The van der Waals surface area contributed by atoms with Crippen molar-refractivity contribution >= 4 is 17.6 Å². The molecule has 4 heteroatoms. The first-order chi connectivity index (χ1) is 11.4. The quantitative estimate of drug-likeness (QED) is 0.813. The molecule has 0 fully saturated rings. The first kappa shape index (κ1) is 17.7. The number of benzene rings is 2. The lowest BCUT2D eigenvalue weighted by Gasteiger charge is -2.13. The van der Waals surface area contributed by atoms with Crippen LogP contribution in [0.25, 0.3) is 0 Å². The average molecular weight is 325 g/mol. The van der Waals surface area contributed by atoms with Gasteiger partial charge < -0.3 is 10.4 Å². The fraction of sp³-hybridized carbons (Fsp3) is 0.300. The summed E-state index contributed by atoms with van der Waals surface area (Å²) in [6.45, 7) is 3.95. The Hall–Kier alpha value is -2.62. The summed E-state index contributed by atoms with van der Waals surface area (Å²) in [5, 5.41) is 11.6. The third kappa shape index (κ3) is 5.54. The Bertz CT molecular complexity index is 690. The van der Waals surface area contributed by atoms with Crippen molar-refractivity contribution in [1.29, 1.82) is 0 Å². The minimum Gasteiger partial charge on any atom is -0.481 e. The lowest BCUT2D eigenvalue weighted by atomic mass is 9.99. The number of anilines is 1. The van der Waals surface area contributed by atoms with Gasteiger partial charge in [-0.25, -0.2) is 0 Å². The van der Waals surface area contributed by atoms with Crippen LogP contribution in [-0.4, -0.2) is 17.0 Å². The van der Waals surface area contributed by atoms with E-state index < -0.39 is 5.97 Å². The number of aliphatic carboxylic acids is 1. The first-order valence-corrected chi connectivity index (χ1v) is 8.11. The van der Waals surface area contributed by atoms with Gasteiger partial charge in [0.2, 0.25) is 5.91 Å². The topological polar surface area (TPSA) is 66.4 Å². The number of hydrogen-bond acceptors (Lipinski definition) is 2. The van der Waals surface area contributed by atoms with Crippen LogP contribution in [0.15, 0.2) is 48.5 Å². The Balaban J connectivity index is 1.88. The Kier molecular flexibility index (Phi) is 6.13. The summed E-state index contributed by atoms with van der Waals surface area (Å²) in [7, 11) is 0. The number of carboxylic acid groups (broad SMARTS) is 1. The standard InChI is InChI=1S/C20H23NO3/c1-14-3-5-17(6-4-14)13-15(2)20(24)21-18-10-7-16(8-11-18)9-12-19(22)23/h3-8,10-11,15H,9,12-13H2,1-2H3,(H,21,24)(H,22,23). The van der Waals surface area contributed by atoms with E-state index in [2.05, 4.69) is 29.6 Å². The van der Waals surface area contributed by atoms with Crippen LogP contribution in [0.3, 0.4) is 0 Å². The molecule has 0 aromatic heterocycles. The van der Waals surface area contributed by atoms with Crippen molar-refractivity contribution in [2.75, 3.05) is 5.32 Å². The van der Waals surface area contributed by atoms with Crippen LogP contribution in [0, 0.1) is 12.8 Å². The molecular formula is C20H23NO3. The van der Waals surface area contributed by atoms with E-state index in [9.17, 15) is 9.59 Å². The van der Waals surface area contributed by atoms with Gasteiger partial charge in [0.25, 0.3) is 0 Å². The van der Waals surface area contributed by atoms with Crippen LogP contribution < -0.4 is 5.32 Å². The van der Waals surface area contributed by atoms with Crippen molar-refractivity contribution in [2.24, 2.45) is 5.92 Å². The van der Waals surface area contributed by atoms with Crippen molar-refractivity contribution in [3.8, 4) is 0 Å². The average Bonchev–Trinajstić information content (AvgIpc) is 2.56. The maximum Gasteiger partial charge on any atom is 0.303 e. The SMILES string of the molecule is Cc1ccc(CC(C)C(=O)Nc2ccc(CCC(=O)O)cc2)cc1. The van der Waals surface area contributed by atoms with Gasteiger partial charge in [0.1, 0.15) is 0 Å². The summed E-state index contributed by atoms with van der Waals surface area (Å²) in [5.74, 6) is -0.953. The molecule has 0 aliphatic rings. The summed E-state index contributed by atoms with van der Waals surface area (Å²) >= 11 is 0. The highest BCUT2D eigenvalue weighted by molar-refractivity contribution is 5.92. The second-order valence-corrected chi connectivity index (χ2v) is 6.17. The Morgan fingerprint density at radius 1 is 1.00 bits per heavy atom. The molecule has 0 saturated heterocycles. The maximum atomic E-state index is 12.3. The molecule has 0 spiro atoms. The maximum absolute atomic E-state index is 12.3. The van der Waals surface area contributed by atoms with Crippen LogP contribution >= 0.6 is 0 Å². The van der Waals surface area contributed by atoms with Gasteiger partial charge in [0, 0.05) is 18.0 Å². The molecule has 24 heavy (non-hydrogen) atoms. The van der Waals surface area contributed by atoms with Gasteiger partial charge in [-0.1, -0.05) is 48.9 Å². The highest BCUT2D eigenvalue weighted by Crippen LogP contribution is 2.15. The normalized spacial score (nSPS) is 11.8. The number of hydrogen-bond donors (Lipinski definition) is 2. The third-order valence-corrected chi connectivity index (χ3v) is 3.96. The molecule has 2 aromatic carbocycles. The molecule has 2 rings (SSSR count). The molecule has 0 radical (unpaired) electrons. The molecule has 2 N–H and O–H groups in total. The van der Waals surface area contributed by atoms with E-state index in [0.717, 1.165) is 16.8 Å². The summed E-state index contributed by atoms with van der Waals surface area (Å²) in [5.41, 5.74) is 4.03. The van der Waals surface area contributed by atoms with Gasteiger partial charge >= 0.3 is 5.97 Å². The van der Waals surface area contributed by atoms with Crippen molar-refractivity contribution in [2.45, 2.75) is 33.1 Å². The van der Waals surface area contributed by atoms with E-state index in [-0.39, 0.29) is 18.2 Å². The zero-order valence-corrected chi connectivity index (χ0v) is 14.1. The number of amides is 1. The predicted molar refractivity (Wildman–Crippen MR) is 95.1 cm³/mol. The fourth-order valence-corrected chi connectivity index (χ4v) is 2.44. The number of carbonyl (C=O) groups is 2. The number of carbonyl (C=O) groups excluding carboxylic acids is 1. The van der Waals surface area contributed by atoms with E-state index in [1.54, 1.807) is 0 Å². The largest absolute Gasteiger partial charge is 0.481 e. The molecular weight excluding hydrogens is 302 g/mol. The van der Waals surface area contributed by atoms with Crippen molar-refractivity contribution < 1.29 is 14.7 Å². The molecule has 126 valence electrons. The molecule has 1 atom stereocenters. The molecule has 4 nitrogen and oxygen atoms in total. The molecule has 0 aliphatic heterocycles. The Labute approximate surface area is 142 Å². The summed E-state index contributed by atoms with van der Waals surface area (Å²) < 4.78 is 0. The minimum atomic E-state index is -0.808. The molecule has 2 aromatic rings. The smallest absolute Gasteiger partial charge is 0.303 e. The molecule has 1 amide bonds. The van der Waals surface area contributed by atoms with E-state index in [4.69, 9.17) is 5.11 Å². The van der Waals surface area contributed by atoms with Gasteiger partial charge in [-0.05, 0) is 43.0 Å². The van der Waals surface area contributed by atoms with Crippen molar-refractivity contribution in [1.82, 2.24) is 0 Å². The summed E-state index contributed by atoms with van der Waals surface area (Å²) in [6, 6.07) is 15.5. The second kappa shape index (κ2) is 8.29. The van der Waals surface area contributed by atoms with Gasteiger partial charge in [0.15, 0.2) is 0 Å². The van der Waals surface area contributed by atoms with Crippen molar-refractivity contribution in [3.63, 3.8) is 0 Å². The molecule has 0 aliphatic carbocycles. The number of aryl methyl sites for hydroxylation is 2. The number of rotatable bonds is 7. The van der Waals surface area contributed by atoms with Crippen LogP contribution in [0.5, 0.6) is 0 Å². The highest BCUT2D eigenvalue weighted by atomic mass is 16.4. The van der Waals surface area contributed by atoms with Gasteiger partial charge in [-0.3, -0.25) is 9.59 Å². The van der Waals surface area contributed by atoms with Crippen LogP contribution in [-0.2, 0) is 22.4 Å². The zero-order valence-electron chi connectivity index (χ0n) is 14.1. The van der Waals surface area contributed by atoms with Gasteiger partial charge in [-0.15, -0.1) is 0 Å². The predicted octanol–water partition coefficient (Wildman–Crippen LogP) is 3.83. The highest BCUT2D eigenvalue weighted by Gasteiger charge is 2.13. The van der Waals surface area contributed by atoms with Crippen LogP contribution in [0.4, 0.5) is 5.69 Å². The van der Waals surface area contributed by atoms with Gasteiger partial charge in [0.05, 0.1) is 0 Å². The lowest BCUT2D eigenvalue weighted by molar-refractivity contribution is -0.137. The molecule has 0 heterocycles. The van der Waals surface area contributed by atoms with Crippen LogP contribution in [0.2, 0.25) is 0 Å². The minimum absolute atomic E-state index is 0.0196. The zero-order chi connectivity index (χ0) is 17.5. The van der Waals surface area contributed by atoms with Crippen LogP contribution in [0.1, 0.15) is 30.0 Å². The summed E-state index contributed by atoms with van der Waals surface area (Å²) in [4.78, 5) is 22.9.